The van der Waals surface area contributed by atoms with Crippen LogP contribution in [0.2, 0.25) is 0 Å². The zero-order chi connectivity index (χ0) is 22.1. The molecule has 3 rings (SSSR count). The Morgan fingerprint density at radius 3 is 2.48 bits per heavy atom. The largest absolute Gasteiger partial charge is 0.496 e. The molecular weight excluding hydrogens is 390 g/mol. The van der Waals surface area contributed by atoms with Crippen molar-refractivity contribution >= 4 is 11.9 Å². The normalized spacial score (nSPS) is 18.2. The maximum atomic E-state index is 12.6. The molecule has 172 valence electrons. The van der Waals surface area contributed by atoms with Crippen molar-refractivity contribution in [2.24, 2.45) is 4.99 Å². The molecule has 0 radical (unpaired) electrons. The Kier molecular flexibility index (Phi) is 9.00. The number of aliphatic imine (C=N–C) groups is 1. The van der Waals surface area contributed by atoms with Gasteiger partial charge in [0.15, 0.2) is 5.96 Å². The number of carbonyl (C=O) groups excluding carboxylic acids is 1. The van der Waals surface area contributed by atoms with Gasteiger partial charge in [0, 0.05) is 52.4 Å². The van der Waals surface area contributed by atoms with Gasteiger partial charge in [-0.05, 0) is 56.7 Å². The topological polar surface area (TPSA) is 60.4 Å². The number of rotatable bonds is 7. The quantitative estimate of drug-likeness (QED) is 0.532. The standard InChI is InChI=1S/C24H39N5O2/c1-4-25-24(26-11-10-21-9-8-20(2)22(18-21)31-3)29-16-14-27(15-17-29)19-23(30)28-12-6-5-7-13-28/h8-9,18H,4-7,10-17,19H2,1-3H3,(H,25,26). The van der Waals surface area contributed by atoms with Crippen LogP contribution in [0, 0.1) is 6.92 Å². The van der Waals surface area contributed by atoms with E-state index in [2.05, 4.69) is 47.2 Å². The summed E-state index contributed by atoms with van der Waals surface area (Å²) in [6.07, 6.45) is 4.44. The molecule has 0 spiro atoms. The molecule has 2 aliphatic heterocycles. The van der Waals surface area contributed by atoms with Crippen LogP contribution in [0.25, 0.3) is 0 Å². The predicted octanol–water partition coefficient (Wildman–Crippen LogP) is 2.14. The number of piperidine rings is 1. The maximum absolute atomic E-state index is 12.6. The van der Waals surface area contributed by atoms with Gasteiger partial charge in [0.25, 0.3) is 0 Å². The van der Waals surface area contributed by atoms with Gasteiger partial charge >= 0.3 is 0 Å². The lowest BCUT2D eigenvalue weighted by Gasteiger charge is -2.37. The molecule has 1 N–H and O–H groups in total. The minimum atomic E-state index is 0.294. The molecule has 2 fully saturated rings. The molecule has 0 unspecified atom stereocenters. The molecule has 0 saturated carbocycles. The fourth-order valence-electron chi connectivity index (χ4n) is 4.29. The van der Waals surface area contributed by atoms with E-state index in [-0.39, 0.29) is 0 Å². The van der Waals surface area contributed by atoms with E-state index in [1.807, 2.05) is 4.90 Å². The van der Waals surface area contributed by atoms with Crippen molar-refractivity contribution in [3.63, 3.8) is 0 Å². The van der Waals surface area contributed by atoms with Crippen molar-refractivity contribution in [1.29, 1.82) is 0 Å². The van der Waals surface area contributed by atoms with E-state index in [0.29, 0.717) is 12.5 Å². The number of nitrogens with one attached hydrogen (secondary N) is 1. The number of guanidine groups is 1. The summed E-state index contributed by atoms with van der Waals surface area (Å²) in [4.78, 5) is 24.1. The number of carbonyl (C=O) groups is 1. The average molecular weight is 430 g/mol. The summed E-state index contributed by atoms with van der Waals surface area (Å²) in [7, 11) is 1.72. The van der Waals surface area contributed by atoms with Crippen molar-refractivity contribution in [2.75, 3.05) is 66.0 Å². The summed E-state index contributed by atoms with van der Waals surface area (Å²) >= 11 is 0. The van der Waals surface area contributed by atoms with Crippen molar-refractivity contribution in [1.82, 2.24) is 20.0 Å². The van der Waals surface area contributed by atoms with E-state index >= 15 is 0 Å². The fourth-order valence-corrected chi connectivity index (χ4v) is 4.29. The first-order valence-corrected chi connectivity index (χ1v) is 11.8. The Bertz CT molecular complexity index is 737. The van der Waals surface area contributed by atoms with Crippen LogP contribution in [-0.4, -0.2) is 92.6 Å². The molecule has 0 aromatic heterocycles. The summed E-state index contributed by atoms with van der Waals surface area (Å²) in [6.45, 7) is 11.8. The van der Waals surface area contributed by atoms with Crippen molar-refractivity contribution in [2.45, 2.75) is 39.5 Å². The lowest BCUT2D eigenvalue weighted by molar-refractivity contribution is -0.133. The summed E-state index contributed by atoms with van der Waals surface area (Å²) in [5, 5.41) is 3.44. The number of hydrogen-bond donors (Lipinski definition) is 1. The Hall–Kier alpha value is -2.28. The molecule has 31 heavy (non-hydrogen) atoms. The Morgan fingerprint density at radius 2 is 1.81 bits per heavy atom. The predicted molar refractivity (Wildman–Crippen MR) is 126 cm³/mol. The van der Waals surface area contributed by atoms with Crippen molar-refractivity contribution in [3.05, 3.63) is 29.3 Å². The van der Waals surface area contributed by atoms with Gasteiger partial charge in [-0.15, -0.1) is 0 Å². The number of ether oxygens (including phenoxy) is 1. The van der Waals surface area contributed by atoms with Gasteiger partial charge in [-0.25, -0.2) is 0 Å². The van der Waals surface area contributed by atoms with Crippen LogP contribution in [0.5, 0.6) is 5.75 Å². The second-order valence-electron chi connectivity index (χ2n) is 8.49. The molecule has 2 aliphatic rings. The molecular formula is C24H39N5O2. The summed E-state index contributed by atoms with van der Waals surface area (Å²) < 4.78 is 5.43. The van der Waals surface area contributed by atoms with E-state index in [0.717, 1.165) is 88.9 Å². The second kappa shape index (κ2) is 11.9. The van der Waals surface area contributed by atoms with E-state index in [1.165, 1.54) is 12.0 Å². The smallest absolute Gasteiger partial charge is 0.236 e. The van der Waals surface area contributed by atoms with E-state index < -0.39 is 0 Å². The molecule has 7 heteroatoms. The zero-order valence-electron chi connectivity index (χ0n) is 19.5. The summed E-state index contributed by atoms with van der Waals surface area (Å²) in [6, 6.07) is 6.36. The van der Waals surface area contributed by atoms with E-state index in [4.69, 9.17) is 9.73 Å². The molecule has 7 nitrogen and oxygen atoms in total. The minimum Gasteiger partial charge on any atom is -0.496 e. The van der Waals surface area contributed by atoms with Crippen LogP contribution >= 0.6 is 0 Å². The first-order valence-electron chi connectivity index (χ1n) is 11.8. The van der Waals surface area contributed by atoms with Gasteiger partial charge in [0.05, 0.1) is 13.7 Å². The number of nitrogens with zero attached hydrogens (tertiary/aromatic N) is 4. The zero-order valence-corrected chi connectivity index (χ0v) is 19.5. The van der Waals surface area contributed by atoms with Gasteiger partial charge in [0.2, 0.25) is 5.91 Å². The third-order valence-electron chi connectivity index (χ3n) is 6.21. The summed E-state index contributed by atoms with van der Waals surface area (Å²) in [5.74, 6) is 2.20. The lowest BCUT2D eigenvalue weighted by Crippen LogP contribution is -2.54. The van der Waals surface area contributed by atoms with Crippen molar-refractivity contribution < 1.29 is 9.53 Å². The average Bonchev–Trinajstić information content (AvgIpc) is 2.80. The third kappa shape index (κ3) is 6.86. The SMILES string of the molecule is CCNC(=NCCc1ccc(C)c(OC)c1)N1CCN(CC(=O)N2CCCCC2)CC1. The Balaban J connectivity index is 1.48. The van der Waals surface area contributed by atoms with Crippen LogP contribution in [0.1, 0.15) is 37.3 Å². The highest BCUT2D eigenvalue weighted by Gasteiger charge is 2.24. The monoisotopic (exact) mass is 429 g/mol. The van der Waals surface area contributed by atoms with Crippen LogP contribution in [0.3, 0.4) is 0 Å². The highest BCUT2D eigenvalue weighted by atomic mass is 16.5. The molecule has 0 atom stereocenters. The number of likely N-dealkylation sites (tertiary alicyclic amines) is 1. The van der Waals surface area contributed by atoms with Gasteiger partial charge in [-0.2, -0.15) is 0 Å². The number of piperazine rings is 1. The fraction of sp³-hybridized carbons (Fsp3) is 0.667. The van der Waals surface area contributed by atoms with Crippen LogP contribution in [0.4, 0.5) is 0 Å². The maximum Gasteiger partial charge on any atom is 0.236 e. The first kappa shape index (κ1) is 23.4. The number of amides is 1. The highest BCUT2D eigenvalue weighted by molar-refractivity contribution is 5.80. The molecule has 2 saturated heterocycles. The molecule has 1 amide bonds. The van der Waals surface area contributed by atoms with E-state index in [9.17, 15) is 4.79 Å². The van der Waals surface area contributed by atoms with Crippen LogP contribution < -0.4 is 10.1 Å². The van der Waals surface area contributed by atoms with E-state index in [1.54, 1.807) is 7.11 Å². The molecule has 0 aliphatic carbocycles. The lowest BCUT2D eigenvalue weighted by atomic mass is 10.1. The molecule has 0 bridgehead atoms. The molecule has 1 aromatic carbocycles. The Labute approximate surface area is 187 Å². The van der Waals surface area contributed by atoms with Gasteiger partial charge in [-0.1, -0.05) is 12.1 Å². The highest BCUT2D eigenvalue weighted by Crippen LogP contribution is 2.19. The van der Waals surface area contributed by atoms with Gasteiger partial charge < -0.3 is 19.9 Å². The molecule has 2 heterocycles. The van der Waals surface area contributed by atoms with Crippen molar-refractivity contribution in [3.8, 4) is 5.75 Å². The first-order chi connectivity index (χ1) is 15.1. The number of benzene rings is 1. The Morgan fingerprint density at radius 1 is 1.06 bits per heavy atom. The van der Waals surface area contributed by atoms with Gasteiger partial charge in [-0.3, -0.25) is 14.7 Å². The number of hydrogen-bond acceptors (Lipinski definition) is 4. The van der Waals surface area contributed by atoms with Crippen LogP contribution in [-0.2, 0) is 11.2 Å². The minimum absolute atomic E-state index is 0.294. The number of aryl methyl sites for hydroxylation is 1. The van der Waals surface area contributed by atoms with Crippen LogP contribution in [0.15, 0.2) is 23.2 Å². The molecule has 1 aromatic rings. The number of methoxy groups -OCH3 is 1. The van der Waals surface area contributed by atoms with Gasteiger partial charge in [0.1, 0.15) is 5.75 Å². The summed E-state index contributed by atoms with van der Waals surface area (Å²) in [5.41, 5.74) is 2.39. The third-order valence-corrected chi connectivity index (χ3v) is 6.21. The second-order valence-corrected chi connectivity index (χ2v) is 8.49.